The van der Waals surface area contributed by atoms with Gasteiger partial charge in [-0.25, -0.2) is 4.98 Å². The molecule has 6 heteroatoms. The van der Waals surface area contributed by atoms with Crippen LogP contribution in [-0.4, -0.2) is 65.2 Å². The van der Waals surface area contributed by atoms with Crippen LogP contribution in [0.1, 0.15) is 38.4 Å². The maximum Gasteiger partial charge on any atom is 0.242 e. The predicted octanol–water partition coefficient (Wildman–Crippen LogP) is 2.91. The Kier molecular flexibility index (Phi) is 5.69. The Balaban J connectivity index is 1.53. The molecule has 1 aromatic heterocycles. The van der Waals surface area contributed by atoms with Gasteiger partial charge in [-0.15, -0.1) is 0 Å². The molecule has 0 spiro atoms. The molecular weight excluding hydrogens is 352 g/mol. The van der Waals surface area contributed by atoms with Gasteiger partial charge >= 0.3 is 0 Å². The van der Waals surface area contributed by atoms with Crippen LogP contribution in [0.3, 0.4) is 0 Å². The number of ether oxygens (including phenoxy) is 1. The molecule has 0 atom stereocenters. The summed E-state index contributed by atoms with van der Waals surface area (Å²) in [6.45, 7) is 7.79. The summed E-state index contributed by atoms with van der Waals surface area (Å²) in [5, 5.41) is 0. The Morgan fingerprint density at radius 2 is 1.89 bits per heavy atom. The van der Waals surface area contributed by atoms with Crippen molar-refractivity contribution < 1.29 is 9.53 Å². The van der Waals surface area contributed by atoms with Crippen LogP contribution in [0, 0.1) is 5.41 Å². The Morgan fingerprint density at radius 3 is 2.57 bits per heavy atom. The van der Waals surface area contributed by atoms with E-state index in [4.69, 9.17) is 9.72 Å². The van der Waals surface area contributed by atoms with E-state index in [1.54, 1.807) is 0 Å². The quantitative estimate of drug-likeness (QED) is 0.768. The van der Waals surface area contributed by atoms with E-state index in [2.05, 4.69) is 22.5 Å². The Hall–Kier alpha value is -1.92. The number of likely N-dealkylation sites (tertiary alicyclic amines) is 1. The van der Waals surface area contributed by atoms with Gasteiger partial charge in [0.05, 0.1) is 30.8 Å². The molecule has 0 aliphatic carbocycles. The summed E-state index contributed by atoms with van der Waals surface area (Å²) in [7, 11) is 1.90. The first-order chi connectivity index (χ1) is 13.5. The van der Waals surface area contributed by atoms with Crippen LogP contribution < -0.4 is 0 Å². The molecule has 4 rings (SSSR count). The van der Waals surface area contributed by atoms with E-state index in [0.717, 1.165) is 56.3 Å². The number of para-hydroxylation sites is 2. The molecule has 28 heavy (non-hydrogen) atoms. The molecule has 2 aliphatic heterocycles. The number of carbonyl (C=O) groups excluding carboxylic acids is 1. The molecule has 0 radical (unpaired) electrons. The Bertz CT molecular complexity index is 819. The van der Waals surface area contributed by atoms with Crippen molar-refractivity contribution in [3.05, 3.63) is 30.1 Å². The molecule has 2 aromatic rings. The van der Waals surface area contributed by atoms with Gasteiger partial charge in [0.1, 0.15) is 12.4 Å². The highest BCUT2D eigenvalue weighted by Gasteiger charge is 2.35. The van der Waals surface area contributed by atoms with E-state index in [1.165, 1.54) is 25.7 Å². The summed E-state index contributed by atoms with van der Waals surface area (Å²) in [6, 6.07) is 8.15. The average molecular weight is 385 g/mol. The Morgan fingerprint density at radius 1 is 1.18 bits per heavy atom. The Labute approximate surface area is 167 Å². The normalized spacial score (nSPS) is 19.9. The van der Waals surface area contributed by atoms with Gasteiger partial charge in [-0.2, -0.15) is 0 Å². The highest BCUT2D eigenvalue weighted by atomic mass is 16.5. The number of hydrogen-bond donors (Lipinski definition) is 0. The van der Waals surface area contributed by atoms with Gasteiger partial charge in [-0.1, -0.05) is 31.9 Å². The second-order valence-corrected chi connectivity index (χ2v) is 8.85. The third-order valence-electron chi connectivity index (χ3n) is 6.04. The molecule has 2 aliphatic rings. The summed E-state index contributed by atoms with van der Waals surface area (Å²) in [6.07, 6.45) is 5.14. The molecule has 1 amide bonds. The predicted molar refractivity (Wildman–Crippen MR) is 110 cm³/mol. The fourth-order valence-corrected chi connectivity index (χ4v) is 4.38. The number of rotatable bonds is 6. The lowest BCUT2D eigenvalue weighted by Gasteiger charge is -2.40. The minimum Gasteiger partial charge on any atom is -0.380 e. The number of fused-ring (bicyclic) bond motifs is 1. The minimum absolute atomic E-state index is 0.0935. The molecule has 2 fully saturated rings. The third-order valence-corrected chi connectivity index (χ3v) is 6.04. The zero-order chi connectivity index (χ0) is 19.6. The third kappa shape index (κ3) is 4.23. The lowest BCUT2D eigenvalue weighted by molar-refractivity contribution is -0.142. The van der Waals surface area contributed by atoms with Crippen LogP contribution in [0.2, 0.25) is 0 Å². The zero-order valence-electron chi connectivity index (χ0n) is 17.2. The van der Waals surface area contributed by atoms with E-state index < -0.39 is 0 Å². The van der Waals surface area contributed by atoms with E-state index in [9.17, 15) is 4.79 Å². The highest BCUT2D eigenvalue weighted by molar-refractivity contribution is 5.81. The lowest BCUT2D eigenvalue weighted by Crippen LogP contribution is -2.49. The number of amides is 1. The molecule has 0 N–H and O–H groups in total. The maximum atomic E-state index is 13.0. The number of likely N-dealkylation sites (N-methyl/N-ethyl adjacent to an activating group) is 1. The van der Waals surface area contributed by atoms with Crippen molar-refractivity contribution in [1.29, 1.82) is 0 Å². The number of nitrogens with zero attached hydrogens (tertiary/aromatic N) is 4. The van der Waals surface area contributed by atoms with Gasteiger partial charge in [-0.05, 0) is 38.1 Å². The largest absolute Gasteiger partial charge is 0.380 e. The van der Waals surface area contributed by atoms with Gasteiger partial charge in [0.2, 0.25) is 5.91 Å². The zero-order valence-corrected chi connectivity index (χ0v) is 17.2. The first-order valence-electron chi connectivity index (χ1n) is 10.5. The first kappa shape index (κ1) is 19.4. The van der Waals surface area contributed by atoms with Crippen LogP contribution in [0.15, 0.2) is 24.3 Å². The summed E-state index contributed by atoms with van der Waals surface area (Å²) in [5.41, 5.74) is 2.12. The van der Waals surface area contributed by atoms with E-state index in [0.29, 0.717) is 6.54 Å². The minimum atomic E-state index is 0.0935. The molecule has 6 nitrogen and oxygen atoms in total. The highest BCUT2D eigenvalue weighted by Crippen LogP contribution is 2.27. The monoisotopic (exact) mass is 384 g/mol. The van der Waals surface area contributed by atoms with Crippen LogP contribution >= 0.6 is 0 Å². The molecule has 3 heterocycles. The van der Waals surface area contributed by atoms with E-state index >= 15 is 0 Å². The number of carbonyl (C=O) groups is 1. The fraction of sp³-hybridized carbons (Fsp3) is 0.636. The fourth-order valence-electron chi connectivity index (χ4n) is 4.38. The van der Waals surface area contributed by atoms with Crippen molar-refractivity contribution in [1.82, 2.24) is 19.4 Å². The van der Waals surface area contributed by atoms with Crippen molar-refractivity contribution >= 4 is 16.9 Å². The number of aromatic nitrogens is 2. The van der Waals surface area contributed by atoms with Gasteiger partial charge in [0.15, 0.2) is 0 Å². The van der Waals surface area contributed by atoms with Crippen molar-refractivity contribution in [2.45, 2.75) is 45.7 Å². The number of benzene rings is 1. The number of hydrogen-bond acceptors (Lipinski definition) is 4. The van der Waals surface area contributed by atoms with E-state index in [1.807, 2.05) is 30.1 Å². The summed E-state index contributed by atoms with van der Waals surface area (Å²) < 4.78 is 7.46. The summed E-state index contributed by atoms with van der Waals surface area (Å²) >= 11 is 0. The smallest absolute Gasteiger partial charge is 0.242 e. The van der Waals surface area contributed by atoms with Gasteiger partial charge < -0.3 is 14.2 Å². The molecule has 0 bridgehead atoms. The lowest BCUT2D eigenvalue weighted by atomic mass is 9.88. The van der Waals surface area contributed by atoms with Gasteiger partial charge in [-0.3, -0.25) is 9.69 Å². The standard InChI is InChI=1S/C22H32N4O2/c1-22(16-28-17-22)15-24(2)21(27)14-26-19-10-6-5-9-18(19)23-20(26)13-25-11-7-3-4-8-12-25/h5-6,9-10H,3-4,7-8,11-17H2,1-2H3. The SMILES string of the molecule is CN(CC1(C)COC1)C(=O)Cn1c(CN2CCCCCC2)nc2ccccc21. The molecule has 152 valence electrons. The van der Waals surface area contributed by atoms with Crippen molar-refractivity contribution in [3.63, 3.8) is 0 Å². The van der Waals surface area contributed by atoms with E-state index in [-0.39, 0.29) is 11.3 Å². The molecular formula is C22H32N4O2. The summed E-state index contributed by atoms with van der Waals surface area (Å²) in [4.78, 5) is 22.2. The van der Waals surface area contributed by atoms with Gasteiger partial charge in [0.25, 0.3) is 0 Å². The molecule has 0 saturated carbocycles. The van der Waals surface area contributed by atoms with Crippen LogP contribution in [0.5, 0.6) is 0 Å². The average Bonchev–Trinajstić information content (AvgIpc) is 2.82. The van der Waals surface area contributed by atoms with Crippen molar-refractivity contribution in [3.8, 4) is 0 Å². The first-order valence-corrected chi connectivity index (χ1v) is 10.5. The summed E-state index contributed by atoms with van der Waals surface area (Å²) in [5.74, 6) is 1.14. The topological polar surface area (TPSA) is 50.6 Å². The molecule has 0 unspecified atom stereocenters. The van der Waals surface area contributed by atoms with Crippen molar-refractivity contribution in [2.24, 2.45) is 5.41 Å². The second kappa shape index (κ2) is 8.21. The molecule has 1 aromatic carbocycles. The van der Waals surface area contributed by atoms with Crippen molar-refractivity contribution in [2.75, 3.05) is 39.9 Å². The van der Waals surface area contributed by atoms with Crippen LogP contribution in [-0.2, 0) is 22.6 Å². The van der Waals surface area contributed by atoms with Gasteiger partial charge in [0, 0.05) is 19.0 Å². The van der Waals surface area contributed by atoms with Crippen LogP contribution in [0.25, 0.3) is 11.0 Å². The van der Waals surface area contributed by atoms with Crippen LogP contribution in [0.4, 0.5) is 0 Å². The molecule has 2 saturated heterocycles. The maximum absolute atomic E-state index is 13.0. The second-order valence-electron chi connectivity index (χ2n) is 8.85. The number of imidazole rings is 1.